The molecule has 19 heavy (non-hydrogen) atoms. The topological polar surface area (TPSA) is 29.1 Å². The summed E-state index contributed by atoms with van der Waals surface area (Å²) in [6.45, 7) is 4.05. The third-order valence-corrected chi connectivity index (χ3v) is 4.81. The average Bonchev–Trinajstić information content (AvgIpc) is 2.41. The van der Waals surface area contributed by atoms with Crippen molar-refractivity contribution >= 4 is 17.7 Å². The van der Waals surface area contributed by atoms with E-state index < -0.39 is 0 Å². The van der Waals surface area contributed by atoms with Crippen molar-refractivity contribution in [2.45, 2.75) is 44.0 Å². The highest BCUT2D eigenvalue weighted by atomic mass is 32.2. The molecule has 0 fully saturated rings. The molecule has 0 saturated heterocycles. The first-order chi connectivity index (χ1) is 9.15. The predicted octanol–water partition coefficient (Wildman–Crippen LogP) is 3.92. The molecule has 0 aromatic heterocycles. The Kier molecular flexibility index (Phi) is 4.86. The number of nitrogens with one attached hydrogen (secondary N) is 1. The number of amides is 1. The number of thioether (sulfide) groups is 1. The van der Waals surface area contributed by atoms with Gasteiger partial charge >= 0.3 is 0 Å². The van der Waals surface area contributed by atoms with E-state index in [-0.39, 0.29) is 23.7 Å². The highest BCUT2D eigenvalue weighted by Crippen LogP contribution is 2.36. The molecule has 104 valence electrons. The van der Waals surface area contributed by atoms with Crippen LogP contribution in [0.1, 0.15) is 44.7 Å². The Labute approximate surface area is 118 Å². The number of fused-ring (bicyclic) bond motifs is 1. The van der Waals surface area contributed by atoms with Gasteiger partial charge in [0.05, 0.1) is 6.04 Å². The Balaban J connectivity index is 2.15. The highest BCUT2D eigenvalue weighted by molar-refractivity contribution is 7.99. The summed E-state index contributed by atoms with van der Waals surface area (Å²) >= 11 is 1.73. The maximum absolute atomic E-state index is 13.4. The average molecular weight is 281 g/mol. The van der Waals surface area contributed by atoms with Gasteiger partial charge in [0.25, 0.3) is 0 Å². The molecular weight excluding hydrogens is 261 g/mol. The quantitative estimate of drug-likeness (QED) is 0.906. The van der Waals surface area contributed by atoms with Crippen molar-refractivity contribution in [3.05, 3.63) is 29.6 Å². The van der Waals surface area contributed by atoms with Crippen LogP contribution < -0.4 is 5.32 Å². The maximum Gasteiger partial charge on any atom is 0.223 e. The van der Waals surface area contributed by atoms with Crippen LogP contribution in [0.15, 0.2) is 23.1 Å². The van der Waals surface area contributed by atoms with Crippen LogP contribution >= 0.6 is 11.8 Å². The lowest BCUT2D eigenvalue weighted by Crippen LogP contribution is -2.35. The number of carbonyl (C=O) groups excluding carboxylic acids is 1. The lowest BCUT2D eigenvalue weighted by molar-refractivity contribution is -0.126. The fourth-order valence-electron chi connectivity index (χ4n) is 2.46. The minimum atomic E-state index is -0.233. The van der Waals surface area contributed by atoms with Crippen molar-refractivity contribution in [3.63, 3.8) is 0 Å². The Morgan fingerprint density at radius 1 is 1.47 bits per heavy atom. The van der Waals surface area contributed by atoms with E-state index in [1.165, 1.54) is 6.07 Å². The van der Waals surface area contributed by atoms with Gasteiger partial charge < -0.3 is 5.32 Å². The summed E-state index contributed by atoms with van der Waals surface area (Å²) in [6, 6.07) is 4.81. The van der Waals surface area contributed by atoms with E-state index >= 15 is 0 Å². The van der Waals surface area contributed by atoms with Crippen LogP contribution in [0.3, 0.4) is 0 Å². The second kappa shape index (κ2) is 6.42. The molecule has 1 heterocycles. The first kappa shape index (κ1) is 14.4. The van der Waals surface area contributed by atoms with Crippen LogP contribution in [0.4, 0.5) is 4.39 Å². The molecule has 1 aromatic rings. The molecule has 1 N–H and O–H groups in total. The van der Waals surface area contributed by atoms with Crippen LogP contribution in [0.5, 0.6) is 0 Å². The molecule has 1 aromatic carbocycles. The maximum atomic E-state index is 13.4. The standard InChI is InChI=1S/C15H20FNOS/c1-3-10(4-2)15(18)17-13-7-8-19-14-6-5-11(16)9-12(13)14/h5-6,9-10,13H,3-4,7-8H2,1-2H3,(H,17,18). The van der Waals surface area contributed by atoms with E-state index in [1.54, 1.807) is 17.8 Å². The monoisotopic (exact) mass is 281 g/mol. The summed E-state index contributed by atoms with van der Waals surface area (Å²) in [4.78, 5) is 13.2. The smallest absolute Gasteiger partial charge is 0.223 e. The van der Waals surface area contributed by atoms with Crippen molar-refractivity contribution in [1.29, 1.82) is 0 Å². The SMILES string of the molecule is CCC(CC)C(=O)NC1CCSc2ccc(F)cc21. The molecule has 1 amide bonds. The summed E-state index contributed by atoms with van der Waals surface area (Å²) in [5.74, 6) is 0.888. The Morgan fingerprint density at radius 2 is 2.21 bits per heavy atom. The minimum Gasteiger partial charge on any atom is -0.349 e. The Morgan fingerprint density at radius 3 is 2.89 bits per heavy atom. The van der Waals surface area contributed by atoms with Crippen LogP contribution in [-0.2, 0) is 4.79 Å². The van der Waals surface area contributed by atoms with Crippen LogP contribution in [0.25, 0.3) is 0 Å². The van der Waals surface area contributed by atoms with E-state index in [9.17, 15) is 9.18 Å². The summed E-state index contributed by atoms with van der Waals surface area (Å²) in [5.41, 5.74) is 0.926. The largest absolute Gasteiger partial charge is 0.349 e. The van der Waals surface area contributed by atoms with Gasteiger partial charge in [-0.1, -0.05) is 13.8 Å². The van der Waals surface area contributed by atoms with E-state index in [4.69, 9.17) is 0 Å². The third kappa shape index (κ3) is 3.30. The van der Waals surface area contributed by atoms with Gasteiger partial charge in [0.1, 0.15) is 5.82 Å². The van der Waals surface area contributed by atoms with Gasteiger partial charge in [-0.2, -0.15) is 0 Å². The zero-order valence-corrected chi connectivity index (χ0v) is 12.2. The molecule has 1 aliphatic heterocycles. The molecule has 1 unspecified atom stereocenters. The summed E-state index contributed by atoms with van der Waals surface area (Å²) in [6.07, 6.45) is 2.56. The van der Waals surface area contributed by atoms with Crippen LogP contribution in [0.2, 0.25) is 0 Å². The normalized spacial score (nSPS) is 18.2. The molecule has 2 rings (SSSR count). The Bertz CT molecular complexity index is 459. The number of hydrogen-bond acceptors (Lipinski definition) is 2. The number of halogens is 1. The molecule has 0 spiro atoms. The molecular formula is C15H20FNOS. The fraction of sp³-hybridized carbons (Fsp3) is 0.533. The van der Waals surface area contributed by atoms with Gasteiger partial charge in [-0.05, 0) is 43.0 Å². The zero-order valence-electron chi connectivity index (χ0n) is 11.4. The van der Waals surface area contributed by atoms with Crippen molar-refractivity contribution in [2.24, 2.45) is 5.92 Å². The molecule has 4 heteroatoms. The summed E-state index contributed by atoms with van der Waals surface area (Å²) < 4.78 is 13.4. The molecule has 0 aliphatic carbocycles. The third-order valence-electron chi connectivity index (χ3n) is 3.68. The lowest BCUT2D eigenvalue weighted by atomic mass is 9.99. The van der Waals surface area contributed by atoms with Crippen LogP contribution in [0, 0.1) is 11.7 Å². The van der Waals surface area contributed by atoms with Crippen molar-refractivity contribution in [1.82, 2.24) is 5.32 Å². The van der Waals surface area contributed by atoms with E-state index in [0.29, 0.717) is 0 Å². The molecule has 1 atom stereocenters. The molecule has 0 bridgehead atoms. The molecule has 0 radical (unpaired) electrons. The first-order valence-corrected chi connectivity index (χ1v) is 7.86. The fourth-order valence-corrected chi connectivity index (χ4v) is 3.57. The van der Waals surface area contributed by atoms with Gasteiger partial charge in [-0.25, -0.2) is 4.39 Å². The van der Waals surface area contributed by atoms with E-state index in [2.05, 4.69) is 5.32 Å². The van der Waals surface area contributed by atoms with E-state index in [0.717, 1.165) is 35.5 Å². The van der Waals surface area contributed by atoms with E-state index in [1.807, 2.05) is 19.9 Å². The first-order valence-electron chi connectivity index (χ1n) is 6.88. The minimum absolute atomic E-state index is 0.0416. The van der Waals surface area contributed by atoms with Gasteiger partial charge in [-0.3, -0.25) is 4.79 Å². The molecule has 0 saturated carbocycles. The molecule has 2 nitrogen and oxygen atoms in total. The lowest BCUT2D eigenvalue weighted by Gasteiger charge is -2.27. The predicted molar refractivity (Wildman–Crippen MR) is 76.7 cm³/mol. The highest BCUT2D eigenvalue weighted by Gasteiger charge is 2.25. The van der Waals surface area contributed by atoms with Gasteiger partial charge in [0, 0.05) is 16.6 Å². The summed E-state index contributed by atoms with van der Waals surface area (Å²) in [7, 11) is 0. The second-order valence-electron chi connectivity index (χ2n) is 4.89. The van der Waals surface area contributed by atoms with Gasteiger partial charge in [0.2, 0.25) is 5.91 Å². The molecule has 1 aliphatic rings. The van der Waals surface area contributed by atoms with Crippen molar-refractivity contribution in [3.8, 4) is 0 Å². The van der Waals surface area contributed by atoms with Gasteiger partial charge in [0.15, 0.2) is 0 Å². The van der Waals surface area contributed by atoms with Crippen LogP contribution in [-0.4, -0.2) is 11.7 Å². The summed E-state index contributed by atoms with van der Waals surface area (Å²) in [5, 5.41) is 3.09. The number of carbonyl (C=O) groups is 1. The Hall–Kier alpha value is -1.03. The zero-order chi connectivity index (χ0) is 13.8. The number of rotatable bonds is 4. The number of hydrogen-bond donors (Lipinski definition) is 1. The van der Waals surface area contributed by atoms with Crippen molar-refractivity contribution < 1.29 is 9.18 Å². The second-order valence-corrected chi connectivity index (χ2v) is 6.03. The van der Waals surface area contributed by atoms with Crippen molar-refractivity contribution in [2.75, 3.05) is 5.75 Å². The van der Waals surface area contributed by atoms with Gasteiger partial charge in [-0.15, -0.1) is 11.8 Å². The number of benzene rings is 1.